The van der Waals surface area contributed by atoms with Crippen LogP contribution in [0.3, 0.4) is 0 Å². The average Bonchev–Trinajstić information content (AvgIpc) is 3.35. The highest BCUT2D eigenvalue weighted by Crippen LogP contribution is 2.48. The highest BCUT2D eigenvalue weighted by atomic mass is 19.4. The third-order valence-electron chi connectivity index (χ3n) is 5.64. The van der Waals surface area contributed by atoms with Crippen LogP contribution >= 0.6 is 0 Å². The van der Waals surface area contributed by atoms with Crippen molar-refractivity contribution in [3.63, 3.8) is 0 Å². The summed E-state index contributed by atoms with van der Waals surface area (Å²) in [4.78, 5) is 12.0. The lowest BCUT2D eigenvalue weighted by Crippen LogP contribution is -2.57. The SMILES string of the molecule is O=C(NCC1CC(O)(C(F)(F)F)C1)N[C@@H]1C[C@H]1c1ccc2ccccc2c1. The van der Waals surface area contributed by atoms with Crippen LogP contribution in [0.1, 0.15) is 30.7 Å². The summed E-state index contributed by atoms with van der Waals surface area (Å²) in [5.41, 5.74) is -1.42. The number of carbonyl (C=O) groups excluding carboxylic acids is 1. The van der Waals surface area contributed by atoms with E-state index in [0.29, 0.717) is 0 Å². The number of nitrogens with one attached hydrogen (secondary N) is 2. The Labute approximate surface area is 154 Å². The van der Waals surface area contributed by atoms with Crippen molar-refractivity contribution in [2.75, 3.05) is 6.54 Å². The van der Waals surface area contributed by atoms with Crippen molar-refractivity contribution in [2.24, 2.45) is 5.92 Å². The van der Waals surface area contributed by atoms with Gasteiger partial charge < -0.3 is 15.7 Å². The Morgan fingerprint density at radius 3 is 2.56 bits per heavy atom. The maximum Gasteiger partial charge on any atom is 0.417 e. The van der Waals surface area contributed by atoms with Gasteiger partial charge in [0, 0.05) is 18.5 Å². The van der Waals surface area contributed by atoms with Crippen LogP contribution in [0.25, 0.3) is 10.8 Å². The molecule has 2 fully saturated rings. The number of amides is 2. The molecular weight excluding hydrogens is 357 g/mol. The first-order chi connectivity index (χ1) is 12.7. The van der Waals surface area contributed by atoms with Crippen LogP contribution in [0.5, 0.6) is 0 Å². The Bertz CT molecular complexity index is 862. The number of hydrogen-bond acceptors (Lipinski definition) is 2. The van der Waals surface area contributed by atoms with Gasteiger partial charge in [-0.05, 0) is 41.5 Å². The van der Waals surface area contributed by atoms with E-state index in [1.165, 1.54) is 10.9 Å². The summed E-state index contributed by atoms with van der Waals surface area (Å²) in [5, 5.41) is 17.2. The quantitative estimate of drug-likeness (QED) is 0.760. The van der Waals surface area contributed by atoms with Crippen molar-refractivity contribution < 1.29 is 23.1 Å². The zero-order valence-corrected chi connectivity index (χ0v) is 14.6. The zero-order valence-electron chi connectivity index (χ0n) is 14.6. The van der Waals surface area contributed by atoms with Crippen molar-refractivity contribution in [3.05, 3.63) is 48.0 Å². The van der Waals surface area contributed by atoms with Crippen LogP contribution in [0.4, 0.5) is 18.0 Å². The molecule has 0 radical (unpaired) electrons. The highest BCUT2D eigenvalue weighted by Gasteiger charge is 2.60. The fraction of sp³-hybridized carbons (Fsp3) is 0.450. The second kappa shape index (κ2) is 6.41. The summed E-state index contributed by atoms with van der Waals surface area (Å²) < 4.78 is 37.8. The molecule has 4 nitrogen and oxygen atoms in total. The van der Waals surface area contributed by atoms with E-state index in [1.54, 1.807) is 0 Å². The summed E-state index contributed by atoms with van der Waals surface area (Å²) in [6, 6.07) is 14.0. The standard InChI is InChI=1S/C20H21F3N2O2/c21-20(22,23)19(27)9-12(10-19)11-24-18(26)25-17-8-16(17)15-6-5-13-3-1-2-4-14(13)7-15/h1-7,12,16-17,27H,8-11H2,(H2,24,25,26)/t12?,16-,17+,19?/m0/s1. The highest BCUT2D eigenvalue weighted by molar-refractivity contribution is 5.83. The zero-order chi connectivity index (χ0) is 19.2. The van der Waals surface area contributed by atoms with E-state index in [0.717, 1.165) is 11.8 Å². The summed E-state index contributed by atoms with van der Waals surface area (Å²) in [6.07, 6.45) is -4.48. The van der Waals surface area contributed by atoms with Gasteiger partial charge in [-0.25, -0.2) is 4.79 Å². The molecule has 2 saturated carbocycles. The summed E-state index contributed by atoms with van der Waals surface area (Å²) in [6.45, 7) is 0.136. The fourth-order valence-corrected chi connectivity index (χ4v) is 3.89. The number of aliphatic hydroxyl groups is 1. The smallest absolute Gasteiger partial charge is 0.380 e. The molecule has 2 aromatic carbocycles. The van der Waals surface area contributed by atoms with Gasteiger partial charge in [-0.2, -0.15) is 13.2 Å². The van der Waals surface area contributed by atoms with Crippen LogP contribution in [0.2, 0.25) is 0 Å². The second-order valence-corrected chi connectivity index (χ2v) is 7.71. The molecule has 2 aliphatic carbocycles. The number of hydrogen-bond donors (Lipinski definition) is 3. The normalized spacial score (nSPS) is 29.9. The first kappa shape index (κ1) is 18.1. The maximum atomic E-state index is 12.6. The van der Waals surface area contributed by atoms with E-state index in [9.17, 15) is 23.1 Å². The van der Waals surface area contributed by atoms with Gasteiger partial charge in [0.1, 0.15) is 0 Å². The third-order valence-corrected chi connectivity index (χ3v) is 5.64. The van der Waals surface area contributed by atoms with Crippen molar-refractivity contribution in [3.8, 4) is 0 Å². The van der Waals surface area contributed by atoms with E-state index in [-0.39, 0.29) is 43.3 Å². The molecule has 0 aromatic heterocycles. The molecular formula is C20H21F3N2O2. The molecule has 27 heavy (non-hydrogen) atoms. The molecule has 0 saturated heterocycles. The number of alkyl halides is 3. The molecule has 0 bridgehead atoms. The number of benzene rings is 2. The van der Waals surface area contributed by atoms with Gasteiger partial charge in [0.15, 0.2) is 5.60 Å². The Hall–Kier alpha value is -2.28. The number of urea groups is 1. The van der Waals surface area contributed by atoms with Gasteiger partial charge in [0.05, 0.1) is 0 Å². The van der Waals surface area contributed by atoms with Crippen LogP contribution in [0, 0.1) is 5.92 Å². The molecule has 0 heterocycles. The van der Waals surface area contributed by atoms with Crippen molar-refractivity contribution in [2.45, 2.75) is 43.0 Å². The van der Waals surface area contributed by atoms with Gasteiger partial charge in [-0.15, -0.1) is 0 Å². The third kappa shape index (κ3) is 3.60. The minimum atomic E-state index is -4.60. The molecule has 2 aliphatic rings. The molecule has 0 spiro atoms. The Morgan fingerprint density at radius 2 is 1.85 bits per heavy atom. The van der Waals surface area contributed by atoms with Crippen molar-refractivity contribution in [1.29, 1.82) is 0 Å². The van der Waals surface area contributed by atoms with E-state index in [4.69, 9.17) is 0 Å². The van der Waals surface area contributed by atoms with Crippen LogP contribution in [0.15, 0.2) is 42.5 Å². The first-order valence-corrected chi connectivity index (χ1v) is 9.07. The van der Waals surface area contributed by atoms with Gasteiger partial charge in [-0.1, -0.05) is 42.5 Å². The monoisotopic (exact) mass is 378 g/mol. The molecule has 3 N–H and O–H groups in total. The number of carbonyl (C=O) groups is 1. The number of rotatable bonds is 4. The minimum Gasteiger partial charge on any atom is -0.380 e. The second-order valence-electron chi connectivity index (χ2n) is 7.71. The predicted octanol–water partition coefficient (Wildman–Crippen LogP) is 3.70. The largest absolute Gasteiger partial charge is 0.417 e. The molecule has 7 heteroatoms. The first-order valence-electron chi connectivity index (χ1n) is 9.07. The van der Waals surface area contributed by atoms with Crippen LogP contribution in [-0.2, 0) is 0 Å². The number of halogens is 3. The summed E-state index contributed by atoms with van der Waals surface area (Å²) in [7, 11) is 0. The molecule has 0 aliphatic heterocycles. The fourth-order valence-electron chi connectivity index (χ4n) is 3.89. The van der Waals surface area contributed by atoms with E-state index in [2.05, 4.69) is 41.0 Å². The molecule has 0 unspecified atom stereocenters. The Kier molecular flexibility index (Phi) is 4.29. The average molecular weight is 378 g/mol. The predicted molar refractivity (Wildman–Crippen MR) is 95.4 cm³/mol. The van der Waals surface area contributed by atoms with E-state index < -0.39 is 11.8 Å². The van der Waals surface area contributed by atoms with Gasteiger partial charge in [-0.3, -0.25) is 0 Å². The van der Waals surface area contributed by atoms with Crippen molar-refractivity contribution in [1.82, 2.24) is 10.6 Å². The lowest BCUT2D eigenvalue weighted by atomic mass is 9.70. The van der Waals surface area contributed by atoms with Gasteiger partial charge in [0.2, 0.25) is 0 Å². The molecule has 144 valence electrons. The Morgan fingerprint density at radius 1 is 1.15 bits per heavy atom. The molecule has 4 rings (SSSR count). The van der Waals surface area contributed by atoms with E-state index >= 15 is 0 Å². The topological polar surface area (TPSA) is 61.4 Å². The number of fused-ring (bicyclic) bond motifs is 1. The van der Waals surface area contributed by atoms with Gasteiger partial charge >= 0.3 is 12.2 Å². The van der Waals surface area contributed by atoms with Gasteiger partial charge in [0.25, 0.3) is 0 Å². The molecule has 2 amide bonds. The van der Waals surface area contributed by atoms with Crippen LogP contribution in [-0.4, -0.2) is 35.5 Å². The lowest BCUT2D eigenvalue weighted by molar-refractivity contribution is -0.298. The van der Waals surface area contributed by atoms with E-state index in [1.807, 2.05) is 12.1 Å². The Balaban J connectivity index is 1.23. The summed E-state index contributed by atoms with van der Waals surface area (Å²) >= 11 is 0. The summed E-state index contributed by atoms with van der Waals surface area (Å²) in [5.74, 6) is -0.0859. The maximum absolute atomic E-state index is 12.6. The van der Waals surface area contributed by atoms with Crippen LogP contribution < -0.4 is 10.6 Å². The lowest BCUT2D eigenvalue weighted by Gasteiger charge is -2.44. The molecule has 2 aromatic rings. The van der Waals surface area contributed by atoms with Crippen molar-refractivity contribution >= 4 is 16.8 Å². The minimum absolute atomic E-state index is 0.0414. The molecule has 2 atom stereocenters.